The molecule has 1 rings (SSSR count). The Bertz CT molecular complexity index is 221. The second-order valence-corrected chi connectivity index (χ2v) is 4.54. The van der Waals surface area contributed by atoms with Crippen molar-refractivity contribution in [3.05, 3.63) is 0 Å². The maximum Gasteiger partial charge on any atom is 0.143 e. The van der Waals surface area contributed by atoms with Crippen molar-refractivity contribution in [3.63, 3.8) is 0 Å². The minimum absolute atomic E-state index is 0.203. The fraction of sp³-hybridized carbons (Fsp3) is 0.846. The average Bonchev–Trinajstić information content (AvgIpc) is 2.43. The van der Waals surface area contributed by atoms with Crippen molar-refractivity contribution in [1.29, 1.82) is 0 Å². The fourth-order valence-electron chi connectivity index (χ4n) is 2.22. The van der Waals surface area contributed by atoms with E-state index in [1.54, 1.807) is 0 Å². The summed E-state index contributed by atoms with van der Waals surface area (Å²) in [5.74, 6) is 0.161. The highest BCUT2D eigenvalue weighted by atomic mass is 16.1. The lowest BCUT2D eigenvalue weighted by Crippen LogP contribution is -2.22. The van der Waals surface area contributed by atoms with Gasteiger partial charge >= 0.3 is 0 Å². The Hall–Kier alpha value is -0.660. The lowest BCUT2D eigenvalue weighted by molar-refractivity contribution is -0.132. The molecule has 0 aliphatic heterocycles. The third-order valence-corrected chi connectivity index (χ3v) is 3.22. The van der Waals surface area contributed by atoms with Crippen LogP contribution in [0, 0.1) is 5.92 Å². The molecule has 86 valence electrons. The van der Waals surface area contributed by atoms with Crippen molar-refractivity contribution in [3.8, 4) is 0 Å². The summed E-state index contributed by atoms with van der Waals surface area (Å²) in [6, 6.07) is 0. The zero-order valence-corrected chi connectivity index (χ0v) is 9.76. The van der Waals surface area contributed by atoms with Gasteiger partial charge in [-0.15, -0.1) is 0 Å². The third kappa shape index (κ3) is 4.15. The summed E-state index contributed by atoms with van der Waals surface area (Å²) < 4.78 is 0. The Morgan fingerprint density at radius 1 is 1.27 bits per heavy atom. The van der Waals surface area contributed by atoms with Crippen LogP contribution < -0.4 is 0 Å². The van der Waals surface area contributed by atoms with Gasteiger partial charge in [0.25, 0.3) is 0 Å². The number of carbonyl (C=O) groups excluding carboxylic acids is 2. The maximum atomic E-state index is 11.8. The second kappa shape index (κ2) is 6.76. The van der Waals surface area contributed by atoms with E-state index in [-0.39, 0.29) is 17.5 Å². The summed E-state index contributed by atoms with van der Waals surface area (Å²) in [6.07, 6.45) is 8.40. The van der Waals surface area contributed by atoms with Gasteiger partial charge in [-0.25, -0.2) is 0 Å². The molecule has 0 bridgehead atoms. The fourth-order valence-corrected chi connectivity index (χ4v) is 2.22. The molecule has 1 saturated carbocycles. The Balaban J connectivity index is 2.38. The van der Waals surface area contributed by atoms with E-state index in [9.17, 15) is 9.59 Å². The van der Waals surface area contributed by atoms with Crippen LogP contribution in [0.5, 0.6) is 0 Å². The Morgan fingerprint density at radius 3 is 2.80 bits per heavy atom. The topological polar surface area (TPSA) is 34.1 Å². The van der Waals surface area contributed by atoms with Crippen LogP contribution in [-0.2, 0) is 9.59 Å². The van der Waals surface area contributed by atoms with Crippen molar-refractivity contribution >= 4 is 11.6 Å². The monoisotopic (exact) mass is 210 g/mol. The van der Waals surface area contributed by atoms with Crippen LogP contribution in [0.25, 0.3) is 0 Å². The quantitative estimate of drug-likeness (QED) is 0.396. The molecule has 0 aromatic carbocycles. The molecule has 0 N–H and O–H groups in total. The average molecular weight is 210 g/mol. The first-order valence-electron chi connectivity index (χ1n) is 6.31. The lowest BCUT2D eigenvalue weighted by Gasteiger charge is -2.11. The first-order valence-corrected chi connectivity index (χ1v) is 6.31. The van der Waals surface area contributed by atoms with Crippen molar-refractivity contribution in [1.82, 2.24) is 0 Å². The number of unbranched alkanes of at least 4 members (excludes halogenated alkanes) is 2. The van der Waals surface area contributed by atoms with E-state index in [0.29, 0.717) is 12.8 Å². The van der Waals surface area contributed by atoms with Crippen LogP contribution >= 0.6 is 0 Å². The molecule has 2 nitrogen and oxygen atoms in total. The van der Waals surface area contributed by atoms with Gasteiger partial charge in [0, 0.05) is 12.8 Å². The summed E-state index contributed by atoms with van der Waals surface area (Å²) in [5, 5.41) is 0. The van der Waals surface area contributed by atoms with Gasteiger partial charge in [0.15, 0.2) is 0 Å². The summed E-state index contributed by atoms with van der Waals surface area (Å²) in [4.78, 5) is 23.5. The van der Waals surface area contributed by atoms with Crippen molar-refractivity contribution in [2.45, 2.75) is 64.7 Å². The van der Waals surface area contributed by atoms with Gasteiger partial charge in [-0.1, -0.05) is 32.6 Å². The zero-order chi connectivity index (χ0) is 11.1. The van der Waals surface area contributed by atoms with Crippen LogP contribution in [0.15, 0.2) is 0 Å². The standard InChI is InChI=1S/C13H22O2/c1-2-3-5-9-12(14)11-8-6-4-7-10-13(11)15/h11H,2-10H2,1H3. The molecule has 1 fully saturated rings. The number of carbonyl (C=O) groups is 2. The van der Waals surface area contributed by atoms with E-state index in [1.165, 1.54) is 0 Å². The molecule has 1 aliphatic rings. The normalized spacial score (nSPS) is 22.5. The van der Waals surface area contributed by atoms with Crippen LogP contribution in [0.2, 0.25) is 0 Å². The molecule has 0 amide bonds. The number of Topliss-reactive ketones (excluding diaryl/α,β-unsaturated/α-hetero) is 2. The molecule has 0 spiro atoms. The number of ketones is 2. The molecule has 15 heavy (non-hydrogen) atoms. The van der Waals surface area contributed by atoms with E-state index >= 15 is 0 Å². The molecule has 0 saturated heterocycles. The van der Waals surface area contributed by atoms with Gasteiger partial charge in [0.1, 0.15) is 11.6 Å². The molecule has 0 heterocycles. The van der Waals surface area contributed by atoms with Crippen LogP contribution in [-0.4, -0.2) is 11.6 Å². The van der Waals surface area contributed by atoms with Crippen molar-refractivity contribution in [2.75, 3.05) is 0 Å². The number of hydrogen-bond acceptors (Lipinski definition) is 2. The summed E-state index contributed by atoms with van der Waals surface area (Å²) in [6.45, 7) is 2.13. The van der Waals surface area contributed by atoms with Gasteiger partial charge < -0.3 is 0 Å². The molecular formula is C13H22O2. The number of rotatable bonds is 5. The van der Waals surface area contributed by atoms with Crippen LogP contribution in [0.3, 0.4) is 0 Å². The molecule has 0 aromatic rings. The predicted molar refractivity (Wildman–Crippen MR) is 60.7 cm³/mol. The minimum atomic E-state index is -0.246. The predicted octanol–water partition coefficient (Wildman–Crippen LogP) is 3.29. The smallest absolute Gasteiger partial charge is 0.143 e. The highest BCUT2D eigenvalue weighted by Gasteiger charge is 2.26. The minimum Gasteiger partial charge on any atom is -0.299 e. The lowest BCUT2D eigenvalue weighted by atomic mass is 9.91. The highest BCUT2D eigenvalue weighted by Crippen LogP contribution is 2.22. The summed E-state index contributed by atoms with van der Waals surface area (Å²) in [5.41, 5.74) is 0. The number of hydrogen-bond donors (Lipinski definition) is 0. The zero-order valence-electron chi connectivity index (χ0n) is 9.76. The molecular weight excluding hydrogens is 188 g/mol. The highest BCUT2D eigenvalue weighted by molar-refractivity contribution is 6.02. The first kappa shape index (κ1) is 12.4. The summed E-state index contributed by atoms with van der Waals surface area (Å²) >= 11 is 0. The Kier molecular flexibility index (Phi) is 5.59. The SMILES string of the molecule is CCCCCC(=O)C1CCCCCC1=O. The van der Waals surface area contributed by atoms with E-state index < -0.39 is 0 Å². The van der Waals surface area contributed by atoms with Gasteiger partial charge in [0.05, 0.1) is 5.92 Å². The van der Waals surface area contributed by atoms with Crippen LogP contribution in [0.4, 0.5) is 0 Å². The second-order valence-electron chi connectivity index (χ2n) is 4.54. The van der Waals surface area contributed by atoms with E-state index in [2.05, 4.69) is 6.92 Å². The molecule has 2 heteroatoms. The summed E-state index contributed by atoms with van der Waals surface area (Å²) in [7, 11) is 0. The van der Waals surface area contributed by atoms with Gasteiger partial charge in [-0.2, -0.15) is 0 Å². The van der Waals surface area contributed by atoms with E-state index in [0.717, 1.165) is 44.9 Å². The molecule has 1 atom stereocenters. The Morgan fingerprint density at radius 2 is 2.07 bits per heavy atom. The first-order chi connectivity index (χ1) is 7.25. The van der Waals surface area contributed by atoms with Gasteiger partial charge in [-0.05, 0) is 19.3 Å². The van der Waals surface area contributed by atoms with Gasteiger partial charge in [-0.3, -0.25) is 9.59 Å². The largest absolute Gasteiger partial charge is 0.299 e. The van der Waals surface area contributed by atoms with Gasteiger partial charge in [0.2, 0.25) is 0 Å². The molecule has 1 aliphatic carbocycles. The van der Waals surface area contributed by atoms with Crippen molar-refractivity contribution in [2.24, 2.45) is 5.92 Å². The molecule has 0 radical (unpaired) electrons. The molecule has 1 unspecified atom stereocenters. The van der Waals surface area contributed by atoms with E-state index in [4.69, 9.17) is 0 Å². The van der Waals surface area contributed by atoms with Crippen LogP contribution in [0.1, 0.15) is 64.7 Å². The van der Waals surface area contributed by atoms with E-state index in [1.807, 2.05) is 0 Å². The maximum absolute atomic E-state index is 11.8. The van der Waals surface area contributed by atoms with Crippen molar-refractivity contribution < 1.29 is 9.59 Å². The molecule has 0 aromatic heterocycles. The third-order valence-electron chi connectivity index (χ3n) is 3.22. The Labute approximate surface area is 92.4 Å².